The highest BCUT2D eigenvalue weighted by molar-refractivity contribution is 8.01. The normalized spacial score (nSPS) is 52.5. The molecule has 3 heterocycles. The smallest absolute Gasteiger partial charge is 0.0701 e. The van der Waals surface area contributed by atoms with Crippen LogP contribution < -0.4 is 5.32 Å². The fourth-order valence-electron chi connectivity index (χ4n) is 3.28. The molecule has 3 aliphatic heterocycles. The van der Waals surface area contributed by atoms with Crippen LogP contribution in [0.1, 0.15) is 26.2 Å². The van der Waals surface area contributed by atoms with Crippen molar-refractivity contribution < 1.29 is 0 Å². The fourth-order valence-corrected chi connectivity index (χ4v) is 5.01. The molecule has 1 N–H and O–H groups in total. The van der Waals surface area contributed by atoms with E-state index in [0.717, 1.165) is 11.2 Å². The summed E-state index contributed by atoms with van der Waals surface area (Å²) >= 11 is 2.23. The predicted molar refractivity (Wildman–Crippen MR) is 61.6 cm³/mol. The molecule has 3 aliphatic rings. The molecule has 3 rings (SSSR count). The van der Waals surface area contributed by atoms with Crippen molar-refractivity contribution in [3.05, 3.63) is 0 Å². The average Bonchev–Trinajstić information content (AvgIpc) is 2.58. The molecular weight excluding hydrogens is 192 g/mol. The standard InChI is InChI=1S/C11H20N2S/c1-9-2-5-12-11(14-9)4-7-13-6-3-10(11)8-13/h9-10,12H,2-8H2,1H3. The first kappa shape index (κ1) is 9.49. The Balaban J connectivity index is 1.80. The molecule has 2 nitrogen and oxygen atoms in total. The highest BCUT2D eigenvalue weighted by Gasteiger charge is 2.48. The minimum Gasteiger partial charge on any atom is -0.303 e. The lowest BCUT2D eigenvalue weighted by atomic mass is 9.92. The number of hydrogen-bond acceptors (Lipinski definition) is 3. The summed E-state index contributed by atoms with van der Waals surface area (Å²) in [6.45, 7) is 7.66. The summed E-state index contributed by atoms with van der Waals surface area (Å²) in [4.78, 5) is 3.10. The summed E-state index contributed by atoms with van der Waals surface area (Å²) in [5.41, 5.74) is 0. The van der Waals surface area contributed by atoms with E-state index in [0.29, 0.717) is 4.87 Å². The summed E-state index contributed by atoms with van der Waals surface area (Å²) in [5, 5.41) is 4.69. The van der Waals surface area contributed by atoms with Gasteiger partial charge >= 0.3 is 0 Å². The molecule has 3 heteroatoms. The maximum Gasteiger partial charge on any atom is 0.0701 e. The zero-order valence-electron chi connectivity index (χ0n) is 8.96. The van der Waals surface area contributed by atoms with Gasteiger partial charge in [0, 0.05) is 24.3 Å². The second kappa shape index (κ2) is 3.39. The molecule has 4 unspecified atom stereocenters. The lowest BCUT2D eigenvalue weighted by Gasteiger charge is -2.47. The first-order valence-electron chi connectivity index (χ1n) is 5.94. The molecule has 14 heavy (non-hydrogen) atoms. The number of hydrogen-bond donors (Lipinski definition) is 1. The van der Waals surface area contributed by atoms with Crippen LogP contribution >= 0.6 is 11.8 Å². The number of nitrogens with zero attached hydrogens (tertiary/aromatic N) is 1. The van der Waals surface area contributed by atoms with Gasteiger partial charge in [-0.05, 0) is 32.4 Å². The van der Waals surface area contributed by atoms with Gasteiger partial charge in [-0.1, -0.05) is 6.92 Å². The Morgan fingerprint density at radius 2 is 2.29 bits per heavy atom. The maximum atomic E-state index is 3.83. The first-order valence-corrected chi connectivity index (χ1v) is 6.82. The van der Waals surface area contributed by atoms with E-state index in [-0.39, 0.29) is 0 Å². The topological polar surface area (TPSA) is 15.3 Å². The van der Waals surface area contributed by atoms with Crippen LogP contribution in [0.5, 0.6) is 0 Å². The van der Waals surface area contributed by atoms with Gasteiger partial charge in [-0.25, -0.2) is 0 Å². The average molecular weight is 212 g/mol. The van der Waals surface area contributed by atoms with Gasteiger partial charge in [-0.3, -0.25) is 0 Å². The summed E-state index contributed by atoms with van der Waals surface area (Å²) in [6, 6.07) is 0. The third-order valence-electron chi connectivity index (χ3n) is 4.12. The Morgan fingerprint density at radius 1 is 1.36 bits per heavy atom. The fraction of sp³-hybridized carbons (Fsp3) is 1.00. The van der Waals surface area contributed by atoms with E-state index in [1.165, 1.54) is 45.4 Å². The van der Waals surface area contributed by atoms with E-state index in [2.05, 4.69) is 28.9 Å². The Hall–Kier alpha value is 0.270. The van der Waals surface area contributed by atoms with Crippen LogP contribution in [0.4, 0.5) is 0 Å². The van der Waals surface area contributed by atoms with E-state index in [4.69, 9.17) is 0 Å². The Labute approximate surface area is 90.8 Å². The second-order valence-corrected chi connectivity index (χ2v) is 6.84. The van der Waals surface area contributed by atoms with Crippen LogP contribution in [0.2, 0.25) is 0 Å². The molecule has 0 aromatic carbocycles. The molecule has 0 radical (unpaired) electrons. The van der Waals surface area contributed by atoms with Crippen molar-refractivity contribution in [2.75, 3.05) is 26.2 Å². The molecule has 0 amide bonds. The first-order chi connectivity index (χ1) is 6.78. The van der Waals surface area contributed by atoms with Crippen molar-refractivity contribution in [2.45, 2.75) is 36.3 Å². The van der Waals surface area contributed by atoms with E-state index < -0.39 is 0 Å². The van der Waals surface area contributed by atoms with Crippen LogP contribution in [0.3, 0.4) is 0 Å². The van der Waals surface area contributed by atoms with Gasteiger partial charge in [0.1, 0.15) is 0 Å². The van der Waals surface area contributed by atoms with Crippen molar-refractivity contribution in [1.29, 1.82) is 0 Å². The van der Waals surface area contributed by atoms with Crippen molar-refractivity contribution in [3.63, 3.8) is 0 Å². The molecular formula is C11H20N2S. The predicted octanol–water partition coefficient (Wildman–Crippen LogP) is 1.52. The highest BCUT2D eigenvalue weighted by Crippen LogP contribution is 2.46. The quantitative estimate of drug-likeness (QED) is 0.655. The van der Waals surface area contributed by atoms with Crippen molar-refractivity contribution in [2.24, 2.45) is 5.92 Å². The molecule has 2 bridgehead atoms. The van der Waals surface area contributed by atoms with E-state index in [1.807, 2.05) is 0 Å². The third kappa shape index (κ3) is 1.41. The summed E-state index contributed by atoms with van der Waals surface area (Å²) < 4.78 is 0. The van der Waals surface area contributed by atoms with Gasteiger partial charge in [0.05, 0.1) is 4.87 Å². The van der Waals surface area contributed by atoms with Crippen molar-refractivity contribution >= 4 is 11.8 Å². The van der Waals surface area contributed by atoms with Gasteiger partial charge in [0.2, 0.25) is 0 Å². The van der Waals surface area contributed by atoms with Gasteiger partial charge in [0.15, 0.2) is 0 Å². The van der Waals surface area contributed by atoms with Crippen LogP contribution in [-0.2, 0) is 0 Å². The molecule has 1 spiro atoms. The van der Waals surface area contributed by atoms with E-state index >= 15 is 0 Å². The monoisotopic (exact) mass is 212 g/mol. The number of fused-ring (bicyclic) bond motifs is 3. The number of thioether (sulfide) groups is 1. The molecule has 3 saturated heterocycles. The Morgan fingerprint density at radius 3 is 3.14 bits per heavy atom. The third-order valence-corrected chi connectivity index (χ3v) is 5.86. The zero-order chi connectivity index (χ0) is 9.60. The summed E-state index contributed by atoms with van der Waals surface area (Å²) in [6.07, 6.45) is 4.14. The molecule has 0 aromatic heterocycles. The maximum absolute atomic E-state index is 3.83. The van der Waals surface area contributed by atoms with Crippen LogP contribution in [0.15, 0.2) is 0 Å². The number of rotatable bonds is 0. The van der Waals surface area contributed by atoms with Crippen molar-refractivity contribution in [3.8, 4) is 0 Å². The number of nitrogens with one attached hydrogen (secondary N) is 1. The SMILES string of the molecule is CC1CCNC2(CCN3CCC2C3)S1. The van der Waals surface area contributed by atoms with Gasteiger partial charge in [-0.2, -0.15) is 0 Å². The highest BCUT2D eigenvalue weighted by atomic mass is 32.2. The lowest BCUT2D eigenvalue weighted by molar-refractivity contribution is 0.195. The molecule has 80 valence electrons. The molecule has 4 atom stereocenters. The Kier molecular flexibility index (Phi) is 2.30. The van der Waals surface area contributed by atoms with Crippen molar-refractivity contribution in [1.82, 2.24) is 10.2 Å². The van der Waals surface area contributed by atoms with E-state index in [9.17, 15) is 0 Å². The Bertz CT molecular complexity index is 233. The molecule has 0 saturated carbocycles. The van der Waals surface area contributed by atoms with Crippen LogP contribution in [0, 0.1) is 5.92 Å². The largest absolute Gasteiger partial charge is 0.303 e. The summed E-state index contributed by atoms with van der Waals surface area (Å²) in [5.74, 6) is 0.920. The molecule has 0 aliphatic carbocycles. The van der Waals surface area contributed by atoms with Gasteiger partial charge in [-0.15, -0.1) is 11.8 Å². The molecule has 0 aromatic rings. The molecule has 3 fully saturated rings. The van der Waals surface area contributed by atoms with E-state index in [1.54, 1.807) is 0 Å². The summed E-state index contributed by atoms with van der Waals surface area (Å²) in [7, 11) is 0. The second-order valence-electron chi connectivity index (χ2n) is 5.07. The zero-order valence-corrected chi connectivity index (χ0v) is 9.78. The minimum absolute atomic E-state index is 0.463. The van der Waals surface area contributed by atoms with Gasteiger partial charge in [0.25, 0.3) is 0 Å². The van der Waals surface area contributed by atoms with Crippen LogP contribution in [-0.4, -0.2) is 41.2 Å². The number of piperidine rings is 1. The lowest BCUT2D eigenvalue weighted by Crippen LogP contribution is -2.57. The van der Waals surface area contributed by atoms with Crippen LogP contribution in [0.25, 0.3) is 0 Å². The minimum atomic E-state index is 0.463. The van der Waals surface area contributed by atoms with Gasteiger partial charge < -0.3 is 10.2 Å².